The van der Waals surface area contributed by atoms with E-state index in [1.54, 1.807) is 18.2 Å². The minimum atomic E-state index is -0.407. The van der Waals surface area contributed by atoms with Crippen LogP contribution in [0.1, 0.15) is 126 Å². The van der Waals surface area contributed by atoms with Crippen molar-refractivity contribution in [1.29, 1.82) is 0 Å². The molecule has 0 bridgehead atoms. The molecule has 0 unspecified atom stereocenters. The molecule has 2 aromatic rings. The predicted octanol–water partition coefficient (Wildman–Crippen LogP) is 9.15. The second kappa shape index (κ2) is 20.9. The molecule has 6 heteroatoms. The van der Waals surface area contributed by atoms with Crippen molar-refractivity contribution in [2.75, 3.05) is 20.3 Å². The number of ether oxygens (including phenoxy) is 3. The molecule has 224 valence electrons. The van der Waals surface area contributed by atoms with Crippen molar-refractivity contribution < 1.29 is 29.2 Å². The third kappa shape index (κ3) is 14.0. The molecule has 0 aliphatic heterocycles. The van der Waals surface area contributed by atoms with Crippen molar-refractivity contribution >= 4 is 5.97 Å². The fourth-order valence-electron chi connectivity index (χ4n) is 4.85. The van der Waals surface area contributed by atoms with E-state index in [0.29, 0.717) is 30.3 Å². The van der Waals surface area contributed by atoms with Crippen molar-refractivity contribution in [3.05, 3.63) is 47.5 Å². The Morgan fingerprint density at radius 1 is 0.675 bits per heavy atom. The molecule has 40 heavy (non-hydrogen) atoms. The van der Waals surface area contributed by atoms with E-state index in [9.17, 15) is 15.0 Å². The Hall–Kier alpha value is -2.89. The number of phenolic OH excluding ortho intramolecular Hbond substituents is 2. The molecule has 0 heterocycles. The van der Waals surface area contributed by atoms with E-state index >= 15 is 0 Å². The topological polar surface area (TPSA) is 85.2 Å². The van der Waals surface area contributed by atoms with Crippen molar-refractivity contribution in [3.63, 3.8) is 0 Å². The summed E-state index contributed by atoms with van der Waals surface area (Å²) in [4.78, 5) is 12.2. The first kappa shape index (κ1) is 33.3. The van der Waals surface area contributed by atoms with Crippen molar-refractivity contribution in [1.82, 2.24) is 0 Å². The minimum Gasteiger partial charge on any atom is -0.504 e. The Bertz CT molecular complexity index is 957. The molecule has 0 fully saturated rings. The van der Waals surface area contributed by atoms with E-state index in [1.807, 2.05) is 12.1 Å². The van der Waals surface area contributed by atoms with Crippen LogP contribution in [0, 0.1) is 0 Å². The van der Waals surface area contributed by atoms with Crippen LogP contribution in [0.3, 0.4) is 0 Å². The van der Waals surface area contributed by atoms with Gasteiger partial charge in [-0.05, 0) is 49.4 Å². The van der Waals surface area contributed by atoms with Gasteiger partial charge in [0, 0.05) is 6.07 Å². The van der Waals surface area contributed by atoms with E-state index in [1.165, 1.54) is 77.4 Å². The van der Waals surface area contributed by atoms with Crippen LogP contribution in [0.2, 0.25) is 0 Å². The van der Waals surface area contributed by atoms with Gasteiger partial charge < -0.3 is 24.4 Å². The Morgan fingerprint density at radius 2 is 1.18 bits per heavy atom. The molecule has 6 nitrogen and oxygen atoms in total. The number of benzene rings is 2. The molecule has 0 aliphatic rings. The quantitative estimate of drug-likeness (QED) is 0.0806. The number of hydrogen-bond acceptors (Lipinski definition) is 6. The molecule has 2 N–H and O–H groups in total. The molecule has 0 aliphatic carbocycles. The number of rotatable bonds is 23. The van der Waals surface area contributed by atoms with Crippen LogP contribution in [-0.4, -0.2) is 36.5 Å². The summed E-state index contributed by atoms with van der Waals surface area (Å²) in [6.45, 7) is 3.43. The molecule has 2 aromatic carbocycles. The van der Waals surface area contributed by atoms with Crippen LogP contribution in [0.15, 0.2) is 36.4 Å². The molecule has 0 atom stereocenters. The van der Waals surface area contributed by atoms with Crippen molar-refractivity contribution in [3.8, 4) is 23.0 Å². The summed E-state index contributed by atoms with van der Waals surface area (Å²) in [7, 11) is 1.37. The van der Waals surface area contributed by atoms with Crippen LogP contribution < -0.4 is 9.47 Å². The SMILES string of the molecule is CCCCCCCCCCCCCCOc1cc(OCCCCCCc2cccc(O)c2O)cc(C(=O)OC)c1. The second-order valence-electron chi connectivity index (χ2n) is 10.7. The lowest BCUT2D eigenvalue weighted by Crippen LogP contribution is -2.05. The zero-order valence-corrected chi connectivity index (χ0v) is 24.9. The standard InChI is InChI=1S/C34H52O6/c1-3-4-5-6-7-8-9-10-11-12-14-17-23-39-30-25-29(34(37)38-2)26-31(27-30)40-24-18-15-13-16-20-28-21-19-22-32(35)33(28)36/h19,21-22,25-27,35-36H,3-18,20,23-24H2,1-2H3. The van der Waals surface area contributed by atoms with E-state index in [2.05, 4.69) is 6.92 Å². The maximum atomic E-state index is 12.2. The number of phenols is 2. The smallest absolute Gasteiger partial charge is 0.338 e. The maximum Gasteiger partial charge on any atom is 0.338 e. The summed E-state index contributed by atoms with van der Waals surface area (Å²) < 4.78 is 16.8. The Morgan fingerprint density at radius 3 is 1.70 bits per heavy atom. The van der Waals surface area contributed by atoms with Crippen LogP contribution in [0.25, 0.3) is 0 Å². The van der Waals surface area contributed by atoms with E-state index in [-0.39, 0.29) is 11.5 Å². The van der Waals surface area contributed by atoms with Gasteiger partial charge in [-0.3, -0.25) is 0 Å². The van der Waals surface area contributed by atoms with E-state index in [4.69, 9.17) is 14.2 Å². The lowest BCUT2D eigenvalue weighted by molar-refractivity contribution is 0.0599. The summed E-state index contributed by atoms with van der Waals surface area (Å²) in [6, 6.07) is 10.3. The molecule has 0 radical (unpaired) electrons. The fraction of sp³-hybridized carbons (Fsp3) is 0.618. The Balaban J connectivity index is 1.62. The molecule has 0 amide bonds. The third-order valence-electron chi connectivity index (χ3n) is 7.28. The van der Waals surface area contributed by atoms with E-state index < -0.39 is 5.97 Å². The molecule has 0 aromatic heterocycles. The lowest BCUT2D eigenvalue weighted by Gasteiger charge is -2.12. The van der Waals surface area contributed by atoms with Gasteiger partial charge in [-0.15, -0.1) is 0 Å². The van der Waals surface area contributed by atoms with Crippen molar-refractivity contribution in [2.24, 2.45) is 0 Å². The number of methoxy groups -OCH3 is 1. The van der Waals surface area contributed by atoms with Crippen LogP contribution in [0.5, 0.6) is 23.0 Å². The number of hydrogen-bond donors (Lipinski definition) is 2. The highest BCUT2D eigenvalue weighted by Crippen LogP contribution is 2.29. The summed E-state index contributed by atoms with van der Waals surface area (Å²) in [6.07, 6.45) is 20.1. The van der Waals surface area contributed by atoms with Gasteiger partial charge in [0.05, 0.1) is 25.9 Å². The average Bonchev–Trinajstić information content (AvgIpc) is 2.96. The third-order valence-corrected chi connectivity index (χ3v) is 7.28. The first-order chi connectivity index (χ1) is 19.5. The first-order valence-corrected chi connectivity index (χ1v) is 15.5. The average molecular weight is 557 g/mol. The first-order valence-electron chi connectivity index (χ1n) is 15.5. The van der Waals surface area contributed by atoms with Gasteiger partial charge >= 0.3 is 5.97 Å². The molecular weight excluding hydrogens is 504 g/mol. The molecular formula is C34H52O6. The lowest BCUT2D eigenvalue weighted by atomic mass is 10.0. The van der Waals surface area contributed by atoms with Gasteiger partial charge in [0.15, 0.2) is 11.5 Å². The highest BCUT2D eigenvalue weighted by Gasteiger charge is 2.11. The number of aryl methyl sites for hydroxylation is 1. The normalized spacial score (nSPS) is 10.9. The van der Waals surface area contributed by atoms with Crippen LogP contribution in [-0.2, 0) is 11.2 Å². The number of esters is 1. The summed E-state index contributed by atoms with van der Waals surface area (Å²) in [5.41, 5.74) is 1.20. The number of para-hydroxylation sites is 1. The van der Waals surface area contributed by atoms with Gasteiger partial charge in [-0.2, -0.15) is 0 Å². The highest BCUT2D eigenvalue weighted by atomic mass is 16.5. The molecule has 0 saturated heterocycles. The molecule has 0 saturated carbocycles. The second-order valence-corrected chi connectivity index (χ2v) is 10.7. The van der Waals surface area contributed by atoms with Gasteiger partial charge in [-0.25, -0.2) is 4.79 Å². The highest BCUT2D eigenvalue weighted by molar-refractivity contribution is 5.90. The minimum absolute atomic E-state index is 0.0202. The van der Waals surface area contributed by atoms with Crippen molar-refractivity contribution in [2.45, 2.75) is 116 Å². The largest absolute Gasteiger partial charge is 0.504 e. The zero-order chi connectivity index (χ0) is 28.8. The zero-order valence-electron chi connectivity index (χ0n) is 24.9. The van der Waals surface area contributed by atoms with Crippen LogP contribution >= 0.6 is 0 Å². The number of carbonyl (C=O) groups is 1. The number of aromatic hydroxyl groups is 2. The van der Waals surface area contributed by atoms with E-state index in [0.717, 1.165) is 50.5 Å². The summed E-state index contributed by atoms with van der Waals surface area (Å²) in [5.74, 6) is 0.741. The number of carbonyl (C=O) groups excluding carboxylic acids is 1. The Labute approximate surface area is 242 Å². The Kier molecular flexibility index (Phi) is 17.4. The van der Waals surface area contributed by atoms with Gasteiger partial charge in [0.25, 0.3) is 0 Å². The number of unbranched alkanes of at least 4 members (excludes halogenated alkanes) is 14. The predicted molar refractivity (Wildman–Crippen MR) is 162 cm³/mol. The van der Waals surface area contributed by atoms with Gasteiger partial charge in [0.1, 0.15) is 11.5 Å². The molecule has 2 rings (SSSR count). The summed E-state index contributed by atoms with van der Waals surface area (Å²) >= 11 is 0. The maximum absolute atomic E-state index is 12.2. The monoisotopic (exact) mass is 556 g/mol. The molecule has 0 spiro atoms. The van der Waals surface area contributed by atoms with Gasteiger partial charge in [0.2, 0.25) is 0 Å². The summed E-state index contributed by atoms with van der Waals surface area (Å²) in [5, 5.41) is 19.5. The fourth-order valence-corrected chi connectivity index (χ4v) is 4.85. The van der Waals surface area contributed by atoms with Crippen LogP contribution in [0.4, 0.5) is 0 Å². The van der Waals surface area contributed by atoms with Gasteiger partial charge in [-0.1, -0.05) is 103 Å².